The molecule has 4 heteroatoms. The molecule has 140 valence electrons. The Hall–Kier alpha value is -3.53. The molecule has 2 aliphatic rings. The largest absolute Gasteiger partial charge is 0.356 e. The van der Waals surface area contributed by atoms with Crippen LogP contribution in [0.25, 0.3) is 11.1 Å². The number of allylic oxidation sites excluding steroid dienone is 3. The van der Waals surface area contributed by atoms with E-state index in [1.54, 1.807) is 0 Å². The Labute approximate surface area is 166 Å². The molecule has 3 heterocycles. The Kier molecular flexibility index (Phi) is 4.40. The molecule has 1 aromatic heterocycles. The predicted molar refractivity (Wildman–Crippen MR) is 115 cm³/mol. The smallest absolute Gasteiger partial charge is 0.122 e. The zero-order valence-corrected chi connectivity index (χ0v) is 16.1. The molecule has 28 heavy (non-hydrogen) atoms. The van der Waals surface area contributed by atoms with Crippen LogP contribution in [0.1, 0.15) is 12.5 Å². The van der Waals surface area contributed by atoms with Gasteiger partial charge in [-0.15, -0.1) is 0 Å². The van der Waals surface area contributed by atoms with Gasteiger partial charge >= 0.3 is 0 Å². The summed E-state index contributed by atoms with van der Waals surface area (Å²) in [5, 5.41) is 6.79. The average molecular weight is 368 g/mol. The van der Waals surface area contributed by atoms with E-state index in [4.69, 9.17) is 0 Å². The molecule has 4 nitrogen and oxygen atoms in total. The highest BCUT2D eigenvalue weighted by molar-refractivity contribution is 5.63. The van der Waals surface area contributed by atoms with Crippen molar-refractivity contribution in [1.29, 1.82) is 0 Å². The molecule has 1 unspecified atom stereocenters. The van der Waals surface area contributed by atoms with E-state index in [0.717, 1.165) is 39.5 Å². The van der Waals surface area contributed by atoms with Crippen molar-refractivity contribution in [3.05, 3.63) is 115 Å². The van der Waals surface area contributed by atoms with Crippen LogP contribution in [-0.4, -0.2) is 16.4 Å². The zero-order valence-electron chi connectivity index (χ0n) is 16.1. The number of aromatic nitrogens is 1. The second-order valence-corrected chi connectivity index (χ2v) is 7.19. The number of nitrogens with one attached hydrogen (secondary N) is 2. The molecular formula is C24H24N4. The first-order valence-electron chi connectivity index (χ1n) is 9.25. The molecule has 1 saturated heterocycles. The summed E-state index contributed by atoms with van der Waals surface area (Å²) in [6.45, 7) is 15.3. The van der Waals surface area contributed by atoms with Crippen LogP contribution in [0.3, 0.4) is 0 Å². The van der Waals surface area contributed by atoms with E-state index in [9.17, 15) is 0 Å². The van der Waals surface area contributed by atoms with Gasteiger partial charge in [0.15, 0.2) is 0 Å². The fourth-order valence-electron chi connectivity index (χ4n) is 3.72. The van der Waals surface area contributed by atoms with E-state index in [2.05, 4.69) is 83.7 Å². The SMILES string of the molecule is C=C1NC(=C)C(CN2C=CC=C(C)C2=C)(c2ccc(-c3ccncc3)cc2)N1. The quantitative estimate of drug-likeness (QED) is 0.839. The van der Waals surface area contributed by atoms with E-state index in [1.165, 1.54) is 0 Å². The predicted octanol–water partition coefficient (Wildman–Crippen LogP) is 4.41. The lowest BCUT2D eigenvalue weighted by atomic mass is 9.86. The van der Waals surface area contributed by atoms with Crippen molar-refractivity contribution in [3.63, 3.8) is 0 Å². The normalized spacial score (nSPS) is 21.4. The minimum atomic E-state index is -0.501. The molecule has 0 saturated carbocycles. The van der Waals surface area contributed by atoms with Gasteiger partial charge in [-0.2, -0.15) is 0 Å². The maximum Gasteiger partial charge on any atom is 0.122 e. The maximum atomic E-state index is 4.29. The molecular weight excluding hydrogens is 344 g/mol. The van der Waals surface area contributed by atoms with Gasteiger partial charge in [0, 0.05) is 30.0 Å². The van der Waals surface area contributed by atoms with E-state index >= 15 is 0 Å². The molecule has 0 amide bonds. The molecule has 1 aromatic carbocycles. The van der Waals surface area contributed by atoms with Gasteiger partial charge < -0.3 is 15.5 Å². The van der Waals surface area contributed by atoms with Gasteiger partial charge in [-0.1, -0.05) is 50.1 Å². The molecule has 2 aliphatic heterocycles. The van der Waals surface area contributed by atoms with Crippen LogP contribution in [0.5, 0.6) is 0 Å². The number of benzene rings is 1. The molecule has 0 radical (unpaired) electrons. The third kappa shape index (κ3) is 3.03. The van der Waals surface area contributed by atoms with Crippen LogP contribution >= 0.6 is 0 Å². The zero-order chi connectivity index (χ0) is 19.7. The van der Waals surface area contributed by atoms with E-state index in [0.29, 0.717) is 6.54 Å². The van der Waals surface area contributed by atoms with Crippen molar-refractivity contribution >= 4 is 0 Å². The van der Waals surface area contributed by atoms with Crippen LogP contribution in [0, 0.1) is 0 Å². The Morgan fingerprint density at radius 3 is 2.32 bits per heavy atom. The molecule has 0 aliphatic carbocycles. The first-order chi connectivity index (χ1) is 13.5. The lowest BCUT2D eigenvalue weighted by molar-refractivity contribution is 0.334. The maximum absolute atomic E-state index is 4.29. The lowest BCUT2D eigenvalue weighted by Crippen LogP contribution is -2.46. The van der Waals surface area contributed by atoms with Crippen molar-refractivity contribution in [1.82, 2.24) is 20.5 Å². The van der Waals surface area contributed by atoms with Gasteiger partial charge in [0.05, 0.1) is 12.4 Å². The van der Waals surface area contributed by atoms with Crippen molar-refractivity contribution in [2.24, 2.45) is 0 Å². The highest BCUT2D eigenvalue weighted by Crippen LogP contribution is 2.36. The summed E-state index contributed by atoms with van der Waals surface area (Å²) in [5.41, 5.74) is 5.93. The third-order valence-electron chi connectivity index (χ3n) is 5.39. The fraction of sp³-hybridized carbons (Fsp3) is 0.125. The summed E-state index contributed by atoms with van der Waals surface area (Å²) in [6, 6.07) is 12.6. The van der Waals surface area contributed by atoms with Crippen molar-refractivity contribution < 1.29 is 0 Å². The van der Waals surface area contributed by atoms with Gasteiger partial charge in [-0.3, -0.25) is 4.98 Å². The standard InChI is InChI=1S/C24H24N4/c1-17-6-5-15-28(18(17)2)16-24(19(3)26-20(4)27-24)23-9-7-21(8-10-23)22-11-13-25-14-12-22/h5-15,26-27H,2-4,16H2,1H3. The highest BCUT2D eigenvalue weighted by Gasteiger charge is 2.42. The molecule has 2 aromatic rings. The molecule has 1 fully saturated rings. The summed E-state index contributed by atoms with van der Waals surface area (Å²) in [7, 11) is 0. The monoisotopic (exact) mass is 368 g/mol. The topological polar surface area (TPSA) is 40.2 Å². The average Bonchev–Trinajstić information content (AvgIpc) is 3.00. The first kappa shape index (κ1) is 17.9. The van der Waals surface area contributed by atoms with Crippen molar-refractivity contribution in [2.45, 2.75) is 12.5 Å². The second kappa shape index (κ2) is 6.89. The molecule has 1 atom stereocenters. The molecule has 2 N–H and O–H groups in total. The minimum Gasteiger partial charge on any atom is -0.356 e. The second-order valence-electron chi connectivity index (χ2n) is 7.19. The summed E-state index contributed by atoms with van der Waals surface area (Å²) in [5.74, 6) is 0.752. The van der Waals surface area contributed by atoms with Crippen LogP contribution in [0.15, 0.2) is 110 Å². The third-order valence-corrected chi connectivity index (χ3v) is 5.39. The molecule has 4 rings (SSSR count). The van der Waals surface area contributed by atoms with Gasteiger partial charge in [-0.05, 0) is 47.4 Å². The summed E-state index contributed by atoms with van der Waals surface area (Å²) >= 11 is 0. The first-order valence-corrected chi connectivity index (χ1v) is 9.25. The number of pyridine rings is 1. The number of nitrogens with zero attached hydrogens (tertiary/aromatic N) is 2. The number of rotatable bonds is 4. The number of hydrogen-bond acceptors (Lipinski definition) is 4. The van der Waals surface area contributed by atoms with Crippen molar-refractivity contribution in [3.8, 4) is 11.1 Å². The fourth-order valence-corrected chi connectivity index (χ4v) is 3.72. The van der Waals surface area contributed by atoms with Gasteiger partial charge in [0.25, 0.3) is 0 Å². The van der Waals surface area contributed by atoms with E-state index < -0.39 is 5.54 Å². The highest BCUT2D eigenvalue weighted by atomic mass is 15.3. The Morgan fingerprint density at radius 2 is 1.68 bits per heavy atom. The molecule has 0 bridgehead atoms. The van der Waals surface area contributed by atoms with Gasteiger partial charge in [0.2, 0.25) is 0 Å². The van der Waals surface area contributed by atoms with E-state index in [-0.39, 0.29) is 0 Å². The molecule has 0 spiro atoms. The summed E-state index contributed by atoms with van der Waals surface area (Å²) < 4.78 is 0. The summed E-state index contributed by atoms with van der Waals surface area (Å²) in [6.07, 6.45) is 9.79. The van der Waals surface area contributed by atoms with Gasteiger partial charge in [-0.25, -0.2) is 0 Å². The van der Waals surface area contributed by atoms with E-state index in [1.807, 2.05) is 30.6 Å². The Balaban J connectivity index is 1.70. The van der Waals surface area contributed by atoms with Crippen LogP contribution in [0.2, 0.25) is 0 Å². The number of hydrogen-bond donors (Lipinski definition) is 2. The minimum absolute atomic E-state index is 0.501. The van der Waals surface area contributed by atoms with Crippen LogP contribution in [0.4, 0.5) is 0 Å². The van der Waals surface area contributed by atoms with Crippen molar-refractivity contribution in [2.75, 3.05) is 6.54 Å². The Morgan fingerprint density at radius 1 is 1.00 bits per heavy atom. The lowest BCUT2D eigenvalue weighted by Gasteiger charge is -2.37. The van der Waals surface area contributed by atoms with Gasteiger partial charge in [0.1, 0.15) is 5.54 Å². The summed E-state index contributed by atoms with van der Waals surface area (Å²) in [4.78, 5) is 6.25. The van der Waals surface area contributed by atoms with Crippen LogP contribution in [-0.2, 0) is 5.54 Å². The Bertz CT molecular complexity index is 999. The van der Waals surface area contributed by atoms with Crippen LogP contribution < -0.4 is 10.6 Å².